The van der Waals surface area contributed by atoms with Crippen molar-refractivity contribution in [1.82, 2.24) is 10.3 Å². The Labute approximate surface area is 114 Å². The van der Waals surface area contributed by atoms with Crippen LogP contribution in [0.2, 0.25) is 0 Å². The SMILES string of the molecule is CSC1CC2(CC(Nc3nonc3/C(N)=N\O)C2)C1. The lowest BCUT2D eigenvalue weighted by Gasteiger charge is -2.57. The van der Waals surface area contributed by atoms with Crippen molar-refractivity contribution in [1.29, 1.82) is 0 Å². The summed E-state index contributed by atoms with van der Waals surface area (Å²) < 4.78 is 4.63. The summed E-state index contributed by atoms with van der Waals surface area (Å²) in [6.45, 7) is 0. The van der Waals surface area contributed by atoms with Crippen molar-refractivity contribution in [2.45, 2.75) is 37.0 Å². The molecule has 0 unspecified atom stereocenters. The Morgan fingerprint density at radius 3 is 2.84 bits per heavy atom. The maximum Gasteiger partial charge on any atom is 0.202 e. The first-order valence-electron chi connectivity index (χ1n) is 6.25. The zero-order valence-electron chi connectivity index (χ0n) is 10.7. The van der Waals surface area contributed by atoms with Crippen LogP contribution in [0.5, 0.6) is 0 Å². The van der Waals surface area contributed by atoms with Gasteiger partial charge in [-0.2, -0.15) is 11.8 Å². The fraction of sp³-hybridized carbons (Fsp3) is 0.727. The third kappa shape index (κ3) is 2.13. The Balaban J connectivity index is 1.56. The molecule has 8 heteroatoms. The number of amidine groups is 1. The summed E-state index contributed by atoms with van der Waals surface area (Å²) >= 11 is 1.96. The summed E-state index contributed by atoms with van der Waals surface area (Å²) in [5.41, 5.74) is 6.30. The molecule has 1 aromatic rings. The summed E-state index contributed by atoms with van der Waals surface area (Å²) in [4.78, 5) is 0. The van der Waals surface area contributed by atoms with Crippen LogP contribution in [0.1, 0.15) is 31.4 Å². The molecule has 0 bridgehead atoms. The van der Waals surface area contributed by atoms with Gasteiger partial charge in [-0.25, -0.2) is 4.63 Å². The average molecular weight is 283 g/mol. The van der Waals surface area contributed by atoms with E-state index >= 15 is 0 Å². The second kappa shape index (κ2) is 4.59. The normalized spacial score (nSPS) is 33.8. The summed E-state index contributed by atoms with van der Waals surface area (Å²) in [6.07, 6.45) is 7.10. The number of nitrogens with two attached hydrogens (primary N) is 1. The van der Waals surface area contributed by atoms with E-state index in [1.54, 1.807) is 0 Å². The van der Waals surface area contributed by atoms with Crippen molar-refractivity contribution in [3.8, 4) is 0 Å². The number of nitrogens with one attached hydrogen (secondary N) is 1. The molecule has 0 radical (unpaired) electrons. The fourth-order valence-electron chi connectivity index (χ4n) is 3.19. The molecule has 0 atom stereocenters. The lowest BCUT2D eigenvalue weighted by Crippen LogP contribution is -2.53. The lowest BCUT2D eigenvalue weighted by molar-refractivity contribution is 0.0255. The molecule has 0 saturated heterocycles. The van der Waals surface area contributed by atoms with Gasteiger partial charge in [-0.05, 0) is 47.7 Å². The van der Waals surface area contributed by atoms with Gasteiger partial charge in [-0.1, -0.05) is 5.16 Å². The van der Waals surface area contributed by atoms with Gasteiger partial charge >= 0.3 is 0 Å². The number of thioether (sulfide) groups is 1. The van der Waals surface area contributed by atoms with Crippen molar-refractivity contribution < 1.29 is 9.84 Å². The number of nitrogens with zero attached hydrogens (tertiary/aromatic N) is 3. The van der Waals surface area contributed by atoms with Gasteiger partial charge in [-0.15, -0.1) is 0 Å². The largest absolute Gasteiger partial charge is 0.409 e. The Morgan fingerprint density at radius 1 is 1.47 bits per heavy atom. The topological polar surface area (TPSA) is 110 Å². The highest BCUT2D eigenvalue weighted by Gasteiger charge is 2.52. The summed E-state index contributed by atoms with van der Waals surface area (Å²) in [7, 11) is 0. The Hall–Kier alpha value is -1.44. The van der Waals surface area contributed by atoms with Crippen LogP contribution in [-0.2, 0) is 0 Å². The van der Waals surface area contributed by atoms with E-state index in [2.05, 4.69) is 31.7 Å². The van der Waals surface area contributed by atoms with E-state index in [1.807, 2.05) is 11.8 Å². The van der Waals surface area contributed by atoms with E-state index in [9.17, 15) is 0 Å². The molecular formula is C11H17N5O2S. The third-order valence-corrected chi connectivity index (χ3v) is 5.19. The van der Waals surface area contributed by atoms with Gasteiger partial charge in [0.25, 0.3) is 0 Å². The van der Waals surface area contributed by atoms with Crippen LogP contribution in [0.3, 0.4) is 0 Å². The zero-order chi connectivity index (χ0) is 13.5. The van der Waals surface area contributed by atoms with Crippen molar-refractivity contribution in [3.05, 3.63) is 5.69 Å². The molecule has 7 nitrogen and oxygen atoms in total. The summed E-state index contributed by atoms with van der Waals surface area (Å²) in [5.74, 6) is 0.361. The van der Waals surface area contributed by atoms with E-state index in [1.165, 1.54) is 12.8 Å². The van der Waals surface area contributed by atoms with E-state index < -0.39 is 0 Å². The first kappa shape index (κ1) is 12.6. The smallest absolute Gasteiger partial charge is 0.202 e. The minimum Gasteiger partial charge on any atom is -0.409 e. The number of rotatable bonds is 4. The second-order valence-electron chi connectivity index (χ2n) is 5.46. The standard InChI is InChI=1S/C11H17N5O2S/c1-19-7-4-11(5-7)2-6(3-11)13-10-8(9(12)14-17)15-18-16-10/h6-7,17H,2-5H2,1H3,(H2,12,14)(H,13,16). The fourth-order valence-corrected chi connectivity index (χ4v) is 4.23. The number of oxime groups is 1. The van der Waals surface area contributed by atoms with Gasteiger partial charge in [0.1, 0.15) is 0 Å². The summed E-state index contributed by atoms with van der Waals surface area (Å²) in [5, 5.41) is 23.0. The predicted octanol–water partition coefficient (Wildman–Crippen LogP) is 1.25. The van der Waals surface area contributed by atoms with Crippen molar-refractivity contribution in [2.75, 3.05) is 11.6 Å². The molecule has 3 rings (SSSR count). The van der Waals surface area contributed by atoms with Gasteiger partial charge in [0, 0.05) is 11.3 Å². The van der Waals surface area contributed by atoms with Crippen LogP contribution < -0.4 is 11.1 Å². The maximum absolute atomic E-state index is 8.65. The van der Waals surface area contributed by atoms with E-state index in [0.29, 0.717) is 17.3 Å². The van der Waals surface area contributed by atoms with Gasteiger partial charge in [0.15, 0.2) is 11.5 Å². The Kier molecular flexibility index (Phi) is 3.04. The monoisotopic (exact) mass is 283 g/mol. The number of aromatic nitrogens is 2. The van der Waals surface area contributed by atoms with Gasteiger partial charge in [-0.3, -0.25) is 0 Å². The molecule has 4 N–H and O–H groups in total. The van der Waals surface area contributed by atoms with E-state index in [0.717, 1.165) is 18.1 Å². The molecule has 19 heavy (non-hydrogen) atoms. The molecular weight excluding hydrogens is 266 g/mol. The first-order chi connectivity index (χ1) is 9.15. The Morgan fingerprint density at radius 2 is 2.21 bits per heavy atom. The molecule has 1 aromatic heterocycles. The Bertz CT molecular complexity index is 489. The van der Waals surface area contributed by atoms with Gasteiger partial charge < -0.3 is 16.3 Å². The molecule has 0 amide bonds. The maximum atomic E-state index is 8.65. The quantitative estimate of drug-likeness (QED) is 0.330. The highest BCUT2D eigenvalue weighted by Crippen LogP contribution is 2.59. The number of hydrogen-bond acceptors (Lipinski definition) is 7. The van der Waals surface area contributed by atoms with E-state index in [-0.39, 0.29) is 11.5 Å². The molecule has 2 aliphatic carbocycles. The average Bonchev–Trinajstić information content (AvgIpc) is 2.77. The summed E-state index contributed by atoms with van der Waals surface area (Å²) in [6, 6.07) is 0.375. The lowest BCUT2D eigenvalue weighted by atomic mass is 9.54. The van der Waals surface area contributed by atoms with Crippen LogP contribution in [0.15, 0.2) is 9.78 Å². The van der Waals surface area contributed by atoms with Gasteiger partial charge in [0.2, 0.25) is 5.82 Å². The van der Waals surface area contributed by atoms with Crippen molar-refractivity contribution in [2.24, 2.45) is 16.3 Å². The van der Waals surface area contributed by atoms with E-state index in [4.69, 9.17) is 10.9 Å². The van der Waals surface area contributed by atoms with Gasteiger partial charge in [0.05, 0.1) is 0 Å². The molecule has 1 heterocycles. The second-order valence-corrected chi connectivity index (χ2v) is 6.60. The zero-order valence-corrected chi connectivity index (χ0v) is 11.5. The molecule has 2 aliphatic rings. The molecule has 2 fully saturated rings. The first-order valence-corrected chi connectivity index (χ1v) is 7.54. The minimum atomic E-state index is -0.0936. The van der Waals surface area contributed by atoms with Crippen LogP contribution in [0.4, 0.5) is 5.82 Å². The predicted molar refractivity (Wildman–Crippen MR) is 72.4 cm³/mol. The molecule has 0 aliphatic heterocycles. The minimum absolute atomic E-state index is 0.0936. The van der Waals surface area contributed by atoms with Crippen LogP contribution in [0.25, 0.3) is 0 Å². The molecule has 104 valence electrons. The number of hydrogen-bond donors (Lipinski definition) is 3. The highest BCUT2D eigenvalue weighted by atomic mass is 32.2. The van der Waals surface area contributed by atoms with Crippen molar-refractivity contribution in [3.63, 3.8) is 0 Å². The molecule has 2 saturated carbocycles. The highest BCUT2D eigenvalue weighted by molar-refractivity contribution is 7.99. The van der Waals surface area contributed by atoms with Crippen LogP contribution in [-0.4, -0.2) is 38.9 Å². The van der Waals surface area contributed by atoms with Crippen LogP contribution in [0, 0.1) is 5.41 Å². The van der Waals surface area contributed by atoms with Crippen molar-refractivity contribution >= 4 is 23.4 Å². The third-order valence-electron chi connectivity index (χ3n) is 4.19. The number of anilines is 1. The molecule has 0 aromatic carbocycles. The molecule has 1 spiro atoms. The van der Waals surface area contributed by atoms with Crippen LogP contribution >= 0.6 is 11.8 Å².